The largest absolute Gasteiger partial charge is 0.486 e. The lowest BCUT2D eigenvalue weighted by Gasteiger charge is -2.17. The van der Waals surface area contributed by atoms with Crippen molar-refractivity contribution in [2.75, 3.05) is 24.3 Å². The highest BCUT2D eigenvalue weighted by Gasteiger charge is 2.20. The summed E-state index contributed by atoms with van der Waals surface area (Å²) in [6.07, 6.45) is 1.87. The Hall–Kier alpha value is -3.00. The summed E-state index contributed by atoms with van der Waals surface area (Å²) in [5.74, 6) is -0.428. The van der Waals surface area contributed by atoms with Crippen molar-refractivity contribution in [1.82, 2.24) is 9.97 Å². The lowest BCUT2D eigenvalue weighted by Crippen LogP contribution is -2.16. The number of benzene rings is 2. The van der Waals surface area contributed by atoms with E-state index in [2.05, 4.69) is 15.3 Å². The Labute approximate surface area is 148 Å². The highest BCUT2D eigenvalue weighted by molar-refractivity contribution is 5.93. The third-order valence-electron chi connectivity index (χ3n) is 4.09. The molecule has 1 aromatic heterocycles. The maximum Gasteiger partial charge on any atom is 0.146 e. The molecule has 1 atom stereocenters. The average molecular weight is 358 g/mol. The van der Waals surface area contributed by atoms with E-state index in [1.165, 1.54) is 30.6 Å². The molecule has 0 bridgehead atoms. The summed E-state index contributed by atoms with van der Waals surface area (Å²) < 4.78 is 39.2. The SMILES string of the molecule is Nc1cc(F)c2c(Nc3ccc(F)cc3OC3CCOC3)ncnc2c1. The normalized spacial score (nSPS) is 16.8. The number of nitrogens with zero attached hydrogens (tertiary/aromatic N) is 2. The van der Waals surface area contributed by atoms with Crippen LogP contribution in [0.1, 0.15) is 6.42 Å². The number of hydrogen-bond acceptors (Lipinski definition) is 6. The molecule has 1 fully saturated rings. The first kappa shape index (κ1) is 16.5. The van der Waals surface area contributed by atoms with Gasteiger partial charge in [-0.3, -0.25) is 0 Å². The minimum atomic E-state index is -0.545. The lowest BCUT2D eigenvalue weighted by molar-refractivity contribution is 0.141. The zero-order valence-corrected chi connectivity index (χ0v) is 13.7. The van der Waals surface area contributed by atoms with Crippen LogP contribution in [0.4, 0.5) is 26.0 Å². The van der Waals surface area contributed by atoms with E-state index >= 15 is 0 Å². The van der Waals surface area contributed by atoms with Gasteiger partial charge in [0.05, 0.1) is 29.8 Å². The number of nitrogens with two attached hydrogens (primary N) is 1. The summed E-state index contributed by atoms with van der Waals surface area (Å²) in [5, 5.41) is 3.21. The predicted octanol–water partition coefficient (Wildman–Crippen LogP) is 3.40. The topological polar surface area (TPSA) is 82.3 Å². The van der Waals surface area contributed by atoms with Gasteiger partial charge in [-0.05, 0) is 24.3 Å². The fraction of sp³-hybridized carbons (Fsp3) is 0.222. The fourth-order valence-electron chi connectivity index (χ4n) is 2.87. The molecule has 4 rings (SSSR count). The molecule has 0 saturated carbocycles. The molecule has 1 unspecified atom stereocenters. The number of halogens is 2. The van der Waals surface area contributed by atoms with Crippen molar-refractivity contribution in [3.63, 3.8) is 0 Å². The molecular formula is C18H16F2N4O2. The van der Waals surface area contributed by atoms with Crippen LogP contribution in [-0.2, 0) is 4.74 Å². The zero-order valence-electron chi connectivity index (χ0n) is 13.7. The highest BCUT2D eigenvalue weighted by atomic mass is 19.1. The molecule has 2 aromatic carbocycles. The van der Waals surface area contributed by atoms with Gasteiger partial charge in [-0.2, -0.15) is 0 Å². The number of ether oxygens (including phenoxy) is 2. The number of nitrogen functional groups attached to an aromatic ring is 1. The maximum absolute atomic E-state index is 14.4. The summed E-state index contributed by atoms with van der Waals surface area (Å²) in [6, 6.07) is 6.85. The molecule has 0 amide bonds. The Bertz CT molecular complexity index is 961. The monoisotopic (exact) mass is 358 g/mol. The van der Waals surface area contributed by atoms with Crippen LogP contribution in [0.15, 0.2) is 36.7 Å². The molecule has 1 aliphatic rings. The third-order valence-corrected chi connectivity index (χ3v) is 4.09. The van der Waals surface area contributed by atoms with Gasteiger partial charge >= 0.3 is 0 Å². The van der Waals surface area contributed by atoms with Crippen molar-refractivity contribution in [1.29, 1.82) is 0 Å². The quantitative estimate of drug-likeness (QED) is 0.696. The number of aromatic nitrogens is 2. The first-order valence-corrected chi connectivity index (χ1v) is 8.11. The molecule has 26 heavy (non-hydrogen) atoms. The minimum Gasteiger partial charge on any atom is -0.486 e. The minimum absolute atomic E-state index is 0.156. The molecule has 3 N–H and O–H groups in total. The van der Waals surface area contributed by atoms with Crippen molar-refractivity contribution in [2.24, 2.45) is 0 Å². The Kier molecular flexibility index (Phi) is 4.26. The standard InChI is InChI=1S/C18H16F2N4O2/c19-10-1-2-14(16(5-10)26-12-3-4-25-8-12)24-18-17-13(20)6-11(21)7-15(17)22-9-23-18/h1-2,5-7,9,12H,3-4,8,21H2,(H,22,23,24). The second-order valence-electron chi connectivity index (χ2n) is 5.99. The third kappa shape index (κ3) is 3.23. The molecule has 3 aromatic rings. The summed E-state index contributed by atoms with van der Waals surface area (Å²) in [4.78, 5) is 8.16. The van der Waals surface area contributed by atoms with Crippen molar-refractivity contribution >= 4 is 28.1 Å². The highest BCUT2D eigenvalue weighted by Crippen LogP contribution is 2.33. The first-order chi connectivity index (χ1) is 12.6. The second-order valence-corrected chi connectivity index (χ2v) is 5.99. The molecule has 6 nitrogen and oxygen atoms in total. The van der Waals surface area contributed by atoms with Crippen LogP contribution in [0, 0.1) is 11.6 Å². The second kappa shape index (κ2) is 6.72. The average Bonchev–Trinajstić information content (AvgIpc) is 3.10. The van der Waals surface area contributed by atoms with Crippen molar-refractivity contribution in [2.45, 2.75) is 12.5 Å². The first-order valence-electron chi connectivity index (χ1n) is 8.11. The molecule has 8 heteroatoms. The lowest BCUT2D eigenvalue weighted by atomic mass is 10.2. The van der Waals surface area contributed by atoms with Crippen molar-refractivity contribution in [3.8, 4) is 5.75 Å². The summed E-state index contributed by atoms with van der Waals surface area (Å²) >= 11 is 0. The Morgan fingerprint density at radius 1 is 1.19 bits per heavy atom. The summed E-state index contributed by atoms with van der Waals surface area (Å²) in [5.41, 5.74) is 6.77. The molecular weight excluding hydrogens is 342 g/mol. The van der Waals surface area contributed by atoms with Gasteiger partial charge in [-0.15, -0.1) is 0 Å². The van der Waals surface area contributed by atoms with Crippen LogP contribution in [0.3, 0.4) is 0 Å². The molecule has 0 radical (unpaired) electrons. The maximum atomic E-state index is 14.4. The molecule has 1 saturated heterocycles. The number of hydrogen-bond donors (Lipinski definition) is 2. The van der Waals surface area contributed by atoms with Gasteiger partial charge in [0.25, 0.3) is 0 Å². The fourth-order valence-corrected chi connectivity index (χ4v) is 2.87. The molecule has 134 valence electrons. The van der Waals surface area contributed by atoms with E-state index in [4.69, 9.17) is 15.2 Å². The summed E-state index contributed by atoms with van der Waals surface area (Å²) in [7, 11) is 0. The van der Waals surface area contributed by atoms with Gasteiger partial charge in [0.2, 0.25) is 0 Å². The van der Waals surface area contributed by atoms with Gasteiger partial charge < -0.3 is 20.5 Å². The van der Waals surface area contributed by atoms with Crippen molar-refractivity contribution in [3.05, 3.63) is 48.3 Å². The number of nitrogens with one attached hydrogen (secondary N) is 1. The van der Waals surface area contributed by atoms with E-state index in [1.807, 2.05) is 0 Å². The molecule has 0 aliphatic carbocycles. The Morgan fingerprint density at radius 3 is 2.88 bits per heavy atom. The van der Waals surface area contributed by atoms with E-state index < -0.39 is 11.6 Å². The van der Waals surface area contributed by atoms with Crippen LogP contribution >= 0.6 is 0 Å². The smallest absolute Gasteiger partial charge is 0.146 e. The molecule has 1 aliphatic heterocycles. The Morgan fingerprint density at radius 2 is 2.08 bits per heavy atom. The van der Waals surface area contributed by atoms with E-state index in [9.17, 15) is 8.78 Å². The van der Waals surface area contributed by atoms with Gasteiger partial charge in [-0.1, -0.05) is 0 Å². The van der Waals surface area contributed by atoms with Crippen LogP contribution in [0.2, 0.25) is 0 Å². The van der Waals surface area contributed by atoms with Gasteiger partial charge in [0.15, 0.2) is 0 Å². The number of rotatable bonds is 4. The predicted molar refractivity (Wildman–Crippen MR) is 93.4 cm³/mol. The van der Waals surface area contributed by atoms with E-state index in [1.54, 1.807) is 6.07 Å². The molecule has 2 heterocycles. The number of fused-ring (bicyclic) bond motifs is 1. The zero-order chi connectivity index (χ0) is 18.1. The van der Waals surface area contributed by atoms with Crippen LogP contribution in [-0.4, -0.2) is 29.3 Å². The van der Waals surface area contributed by atoms with E-state index in [-0.39, 0.29) is 23.0 Å². The summed E-state index contributed by atoms with van der Waals surface area (Å²) in [6.45, 7) is 1.05. The van der Waals surface area contributed by atoms with Crippen LogP contribution < -0.4 is 15.8 Å². The molecule has 0 spiro atoms. The van der Waals surface area contributed by atoms with Gasteiger partial charge in [-0.25, -0.2) is 18.7 Å². The van der Waals surface area contributed by atoms with Gasteiger partial charge in [0.1, 0.15) is 35.6 Å². The number of anilines is 3. The Balaban J connectivity index is 1.72. The van der Waals surface area contributed by atoms with E-state index in [0.29, 0.717) is 30.2 Å². The van der Waals surface area contributed by atoms with Crippen LogP contribution in [0.5, 0.6) is 5.75 Å². The van der Waals surface area contributed by atoms with Crippen molar-refractivity contribution < 1.29 is 18.3 Å². The van der Waals surface area contributed by atoms with Crippen LogP contribution in [0.25, 0.3) is 10.9 Å². The van der Waals surface area contributed by atoms with E-state index in [0.717, 1.165) is 6.42 Å². The van der Waals surface area contributed by atoms with Gasteiger partial charge in [0, 0.05) is 18.2 Å².